The van der Waals surface area contributed by atoms with Crippen molar-refractivity contribution in [3.05, 3.63) is 0 Å². The van der Waals surface area contributed by atoms with Crippen LogP contribution in [0.25, 0.3) is 0 Å². The van der Waals surface area contributed by atoms with E-state index in [9.17, 15) is 19.5 Å². The van der Waals surface area contributed by atoms with Crippen LogP contribution < -0.4 is 0 Å². The summed E-state index contributed by atoms with van der Waals surface area (Å²) in [5, 5.41) is 9.68. The maximum atomic E-state index is 12.2. The third-order valence-corrected chi connectivity index (χ3v) is 2.82. The summed E-state index contributed by atoms with van der Waals surface area (Å²) in [5.41, 5.74) is -1.56. The van der Waals surface area contributed by atoms with Gasteiger partial charge in [-0.25, -0.2) is 14.5 Å². The highest BCUT2D eigenvalue weighted by Gasteiger charge is 2.45. The van der Waals surface area contributed by atoms with Gasteiger partial charge in [-0.2, -0.15) is 0 Å². The van der Waals surface area contributed by atoms with Crippen molar-refractivity contribution < 1.29 is 29.0 Å². The van der Waals surface area contributed by atoms with Gasteiger partial charge >= 0.3 is 12.1 Å². The van der Waals surface area contributed by atoms with Crippen LogP contribution in [0.1, 0.15) is 54.4 Å². The molecule has 2 atom stereocenters. The molecule has 0 radical (unpaired) electrons. The molecule has 1 aliphatic heterocycles. The number of imide groups is 1. The molecule has 1 rings (SSSR count). The van der Waals surface area contributed by atoms with Crippen molar-refractivity contribution in [1.29, 1.82) is 0 Å². The lowest BCUT2D eigenvalue weighted by Crippen LogP contribution is -2.57. The molecular weight excluding hydrogens is 290 g/mol. The first-order chi connectivity index (χ1) is 9.82. The molecule has 1 N–H and O–H groups in total. The Bertz CT molecular complexity index is 460. The third-order valence-electron chi connectivity index (χ3n) is 2.82. The second-order valence-corrected chi connectivity index (χ2v) is 7.33. The average molecular weight is 315 g/mol. The van der Waals surface area contributed by atoms with Crippen LogP contribution >= 0.6 is 0 Å². The molecule has 2 amide bonds. The molecule has 0 bridgehead atoms. The highest BCUT2D eigenvalue weighted by atomic mass is 16.6. The Morgan fingerprint density at radius 2 is 1.55 bits per heavy atom. The first kappa shape index (κ1) is 18.4. The van der Waals surface area contributed by atoms with E-state index in [1.807, 2.05) is 0 Å². The number of hydrogen-bond donors (Lipinski definition) is 1. The molecule has 0 unspecified atom stereocenters. The molecule has 0 aliphatic carbocycles. The van der Waals surface area contributed by atoms with E-state index in [1.165, 1.54) is 0 Å². The lowest BCUT2D eigenvalue weighted by Gasteiger charge is -2.36. The molecule has 1 saturated heterocycles. The number of nitrogens with zero attached hydrogens (tertiary/aromatic N) is 1. The van der Waals surface area contributed by atoms with Crippen molar-refractivity contribution in [2.75, 3.05) is 0 Å². The summed E-state index contributed by atoms with van der Waals surface area (Å²) >= 11 is 0. The first-order valence-electron chi connectivity index (χ1n) is 7.29. The lowest BCUT2D eigenvalue weighted by molar-refractivity contribution is -0.169. The fourth-order valence-corrected chi connectivity index (χ4v) is 2.00. The van der Waals surface area contributed by atoms with Crippen LogP contribution in [0, 0.1) is 0 Å². The minimum atomic E-state index is -1.31. The van der Waals surface area contributed by atoms with Crippen LogP contribution in [0.3, 0.4) is 0 Å². The molecule has 22 heavy (non-hydrogen) atoms. The standard InChI is InChI=1S/C15H25NO6/c1-14(2,3)21-12(19)9-7-8-10(17)11(18)16(9)13(20)22-15(4,5)6/h9-10,17H,7-8H2,1-6H3/t9-,10-/m0/s1. The number of rotatable bonds is 1. The molecule has 0 aromatic rings. The maximum Gasteiger partial charge on any atom is 0.417 e. The fourth-order valence-electron chi connectivity index (χ4n) is 2.00. The molecule has 0 spiro atoms. The normalized spacial score (nSPS) is 23.2. The zero-order valence-electron chi connectivity index (χ0n) is 14.0. The number of aliphatic hydroxyl groups excluding tert-OH is 1. The Kier molecular flexibility index (Phi) is 5.22. The number of likely N-dealkylation sites (tertiary alicyclic amines) is 1. The number of piperidine rings is 1. The Hall–Kier alpha value is -1.63. The number of ether oxygens (including phenoxy) is 2. The molecule has 0 aromatic carbocycles. The highest BCUT2D eigenvalue weighted by Crippen LogP contribution is 2.24. The monoisotopic (exact) mass is 315 g/mol. The topological polar surface area (TPSA) is 93.1 Å². The minimum Gasteiger partial charge on any atom is -0.458 e. The number of aliphatic hydroxyl groups is 1. The van der Waals surface area contributed by atoms with E-state index in [4.69, 9.17) is 9.47 Å². The smallest absolute Gasteiger partial charge is 0.417 e. The van der Waals surface area contributed by atoms with Gasteiger partial charge in [0.15, 0.2) is 0 Å². The predicted octanol–water partition coefficient (Wildman–Crippen LogP) is 1.62. The van der Waals surface area contributed by atoms with Crippen LogP contribution in [0.5, 0.6) is 0 Å². The van der Waals surface area contributed by atoms with Gasteiger partial charge in [-0.05, 0) is 54.4 Å². The van der Waals surface area contributed by atoms with E-state index in [0.29, 0.717) is 4.90 Å². The van der Waals surface area contributed by atoms with E-state index < -0.39 is 41.3 Å². The van der Waals surface area contributed by atoms with E-state index in [1.54, 1.807) is 41.5 Å². The van der Waals surface area contributed by atoms with E-state index in [-0.39, 0.29) is 12.8 Å². The SMILES string of the molecule is CC(C)(C)OC(=O)[C@@H]1CC[C@H](O)C(=O)N1C(=O)OC(C)(C)C. The van der Waals surface area contributed by atoms with Crippen LogP contribution in [-0.4, -0.2) is 51.3 Å². The maximum absolute atomic E-state index is 12.2. The Morgan fingerprint density at radius 1 is 1.05 bits per heavy atom. The number of hydrogen-bond acceptors (Lipinski definition) is 6. The number of carbonyl (C=O) groups excluding carboxylic acids is 3. The van der Waals surface area contributed by atoms with Gasteiger partial charge in [0.2, 0.25) is 0 Å². The van der Waals surface area contributed by atoms with Crippen molar-refractivity contribution in [1.82, 2.24) is 4.90 Å². The number of carbonyl (C=O) groups is 3. The molecule has 7 heteroatoms. The summed E-state index contributed by atoms with van der Waals surface area (Å²) in [4.78, 5) is 37.2. The average Bonchev–Trinajstić information content (AvgIpc) is 2.27. The quantitative estimate of drug-likeness (QED) is 0.739. The zero-order valence-corrected chi connectivity index (χ0v) is 14.0. The van der Waals surface area contributed by atoms with Crippen LogP contribution in [0.2, 0.25) is 0 Å². The first-order valence-corrected chi connectivity index (χ1v) is 7.29. The van der Waals surface area contributed by atoms with Gasteiger partial charge in [-0.1, -0.05) is 0 Å². The zero-order chi connectivity index (χ0) is 17.3. The van der Waals surface area contributed by atoms with E-state index in [2.05, 4.69) is 0 Å². The summed E-state index contributed by atoms with van der Waals surface area (Å²) < 4.78 is 10.4. The van der Waals surface area contributed by atoms with Gasteiger partial charge in [0.25, 0.3) is 5.91 Å². The Balaban J connectivity index is 3.00. The molecule has 0 aromatic heterocycles. The van der Waals surface area contributed by atoms with Gasteiger partial charge in [0.05, 0.1) is 0 Å². The van der Waals surface area contributed by atoms with E-state index in [0.717, 1.165) is 0 Å². The van der Waals surface area contributed by atoms with Crippen molar-refractivity contribution in [3.8, 4) is 0 Å². The predicted molar refractivity (Wildman–Crippen MR) is 78.0 cm³/mol. The van der Waals surface area contributed by atoms with Crippen LogP contribution in [0.15, 0.2) is 0 Å². The largest absolute Gasteiger partial charge is 0.458 e. The summed E-state index contributed by atoms with van der Waals surface area (Å²) in [5.74, 6) is -1.52. The molecule has 7 nitrogen and oxygen atoms in total. The van der Waals surface area contributed by atoms with Crippen molar-refractivity contribution >= 4 is 18.0 Å². The lowest BCUT2D eigenvalue weighted by atomic mass is 9.99. The summed E-state index contributed by atoms with van der Waals surface area (Å²) in [7, 11) is 0. The molecule has 1 fully saturated rings. The van der Waals surface area contributed by atoms with E-state index >= 15 is 0 Å². The van der Waals surface area contributed by atoms with Crippen LogP contribution in [-0.2, 0) is 19.1 Å². The highest BCUT2D eigenvalue weighted by molar-refractivity contribution is 5.99. The summed E-state index contributed by atoms with van der Waals surface area (Å²) in [6.07, 6.45) is -2.03. The van der Waals surface area contributed by atoms with Gasteiger partial charge in [0, 0.05) is 0 Å². The van der Waals surface area contributed by atoms with Gasteiger partial charge < -0.3 is 14.6 Å². The second-order valence-electron chi connectivity index (χ2n) is 7.33. The van der Waals surface area contributed by atoms with Crippen LogP contribution in [0.4, 0.5) is 4.79 Å². The number of amides is 2. The molecule has 1 aliphatic rings. The fraction of sp³-hybridized carbons (Fsp3) is 0.800. The van der Waals surface area contributed by atoms with Crippen molar-refractivity contribution in [2.45, 2.75) is 77.7 Å². The third kappa shape index (κ3) is 4.98. The van der Waals surface area contributed by atoms with Crippen molar-refractivity contribution in [3.63, 3.8) is 0 Å². The minimum absolute atomic E-state index is 0.0992. The molecular formula is C15H25NO6. The molecule has 126 valence electrons. The van der Waals surface area contributed by atoms with Gasteiger partial charge in [0.1, 0.15) is 23.3 Å². The van der Waals surface area contributed by atoms with Gasteiger partial charge in [-0.15, -0.1) is 0 Å². The number of esters is 1. The molecule has 0 saturated carbocycles. The Labute approximate surface area is 130 Å². The second kappa shape index (κ2) is 6.24. The van der Waals surface area contributed by atoms with Crippen molar-refractivity contribution in [2.24, 2.45) is 0 Å². The Morgan fingerprint density at radius 3 is 2.00 bits per heavy atom. The summed E-state index contributed by atoms with van der Waals surface area (Å²) in [6.45, 7) is 10.0. The van der Waals surface area contributed by atoms with Gasteiger partial charge in [-0.3, -0.25) is 4.79 Å². The summed E-state index contributed by atoms with van der Waals surface area (Å²) in [6, 6.07) is -1.08. The molecule has 1 heterocycles.